The van der Waals surface area contributed by atoms with Crippen LogP contribution < -0.4 is 9.47 Å². The van der Waals surface area contributed by atoms with Crippen LogP contribution in [0.25, 0.3) is 0 Å². The summed E-state index contributed by atoms with van der Waals surface area (Å²) in [5.41, 5.74) is -1.29. The highest BCUT2D eigenvalue weighted by Crippen LogP contribution is 2.28. The fourth-order valence-electron chi connectivity index (χ4n) is 3.85. The van der Waals surface area contributed by atoms with E-state index in [2.05, 4.69) is 6.92 Å². The van der Waals surface area contributed by atoms with E-state index in [0.717, 1.165) is 43.2 Å². The van der Waals surface area contributed by atoms with Gasteiger partial charge in [-0.05, 0) is 55.0 Å². The van der Waals surface area contributed by atoms with Gasteiger partial charge in [-0.25, -0.2) is 9.59 Å². The first-order valence-electron chi connectivity index (χ1n) is 13.1. The third-order valence-electron chi connectivity index (χ3n) is 6.09. The number of rotatable bonds is 15. The molecule has 0 amide bonds. The number of unbranched alkanes of at least 4 members (excludes halogenated alkanes) is 5. The molecule has 0 radical (unpaired) electrons. The van der Waals surface area contributed by atoms with Crippen LogP contribution in [0.2, 0.25) is 0 Å². The Hall–Kier alpha value is -5.00. The van der Waals surface area contributed by atoms with Crippen LogP contribution in [0.4, 0.5) is 11.4 Å². The van der Waals surface area contributed by atoms with Crippen LogP contribution in [0, 0.1) is 20.2 Å². The minimum absolute atomic E-state index is 0.0514. The van der Waals surface area contributed by atoms with Gasteiger partial charge in [-0.1, -0.05) is 39.0 Å². The zero-order valence-electron chi connectivity index (χ0n) is 22.4. The molecular formula is C29H30N2O10. The summed E-state index contributed by atoms with van der Waals surface area (Å²) in [5, 5.41) is 32.3. The fourth-order valence-corrected chi connectivity index (χ4v) is 3.85. The van der Waals surface area contributed by atoms with Crippen LogP contribution in [0.3, 0.4) is 0 Å². The number of phenols is 1. The molecule has 0 spiro atoms. The molecule has 0 atom stereocenters. The molecule has 0 aromatic heterocycles. The Bertz CT molecular complexity index is 1390. The highest BCUT2D eigenvalue weighted by atomic mass is 16.6. The molecule has 3 aromatic carbocycles. The Balaban J connectivity index is 1.58. The topological polar surface area (TPSA) is 168 Å². The van der Waals surface area contributed by atoms with Gasteiger partial charge in [-0.2, -0.15) is 0 Å². The Morgan fingerprint density at radius 2 is 1.49 bits per heavy atom. The van der Waals surface area contributed by atoms with Gasteiger partial charge in [0.15, 0.2) is 0 Å². The van der Waals surface area contributed by atoms with Gasteiger partial charge in [0.2, 0.25) is 0 Å². The minimum atomic E-state index is -1.06. The predicted octanol–water partition coefficient (Wildman–Crippen LogP) is 6.52. The monoisotopic (exact) mass is 566 g/mol. The quantitative estimate of drug-likeness (QED) is 0.0702. The fraction of sp³-hybridized carbons (Fsp3) is 0.310. The molecule has 0 unspecified atom stereocenters. The van der Waals surface area contributed by atoms with E-state index in [1.54, 1.807) is 24.3 Å². The molecule has 0 aliphatic carbocycles. The number of phenolic OH excluding ortho intramolecular Hbond substituents is 1. The second-order valence-corrected chi connectivity index (χ2v) is 9.11. The van der Waals surface area contributed by atoms with E-state index in [0.29, 0.717) is 12.4 Å². The average molecular weight is 567 g/mol. The molecule has 0 heterocycles. The normalized spacial score (nSPS) is 10.6. The number of carbonyl (C=O) groups is 2. The molecule has 1 N–H and O–H groups in total. The lowest BCUT2D eigenvalue weighted by atomic mass is 10.1. The van der Waals surface area contributed by atoms with Gasteiger partial charge in [-0.15, -0.1) is 0 Å². The van der Waals surface area contributed by atoms with E-state index in [-0.39, 0.29) is 22.4 Å². The molecule has 0 bridgehead atoms. The molecule has 3 aromatic rings. The van der Waals surface area contributed by atoms with E-state index < -0.39 is 45.5 Å². The van der Waals surface area contributed by atoms with E-state index in [1.807, 2.05) is 0 Å². The number of nitrogens with zero attached hydrogens (tertiary/aromatic N) is 2. The SMILES string of the molecule is CCCCCCCCOc1ccc(C(=O)Oc2ccc(O)c(C(=O)OCc3ccc([N+](=O)[O-])cc3[N+](=O)[O-])c2)cc1. The van der Waals surface area contributed by atoms with E-state index >= 15 is 0 Å². The number of nitro groups is 2. The molecule has 0 aliphatic heterocycles. The number of hydrogen-bond acceptors (Lipinski definition) is 10. The van der Waals surface area contributed by atoms with Crippen molar-refractivity contribution in [2.45, 2.75) is 52.1 Å². The Morgan fingerprint density at radius 1 is 0.805 bits per heavy atom. The highest BCUT2D eigenvalue weighted by molar-refractivity contribution is 5.94. The van der Waals surface area contributed by atoms with Crippen LogP contribution in [0.1, 0.15) is 71.7 Å². The summed E-state index contributed by atoms with van der Waals surface area (Å²) < 4.78 is 16.1. The zero-order valence-corrected chi connectivity index (χ0v) is 22.4. The van der Waals surface area contributed by atoms with Crippen molar-refractivity contribution in [3.8, 4) is 17.2 Å². The van der Waals surface area contributed by atoms with Gasteiger partial charge in [0, 0.05) is 6.07 Å². The summed E-state index contributed by atoms with van der Waals surface area (Å²) in [6.45, 7) is 2.16. The molecular weight excluding hydrogens is 536 g/mol. The molecule has 12 nitrogen and oxygen atoms in total. The smallest absolute Gasteiger partial charge is 0.343 e. The van der Waals surface area contributed by atoms with Gasteiger partial charge >= 0.3 is 11.9 Å². The van der Waals surface area contributed by atoms with Crippen LogP contribution in [-0.2, 0) is 11.3 Å². The minimum Gasteiger partial charge on any atom is -0.507 e. The maximum absolute atomic E-state index is 12.6. The predicted molar refractivity (Wildman–Crippen MR) is 147 cm³/mol. The number of non-ortho nitro benzene ring substituents is 1. The molecule has 3 rings (SSSR count). The second-order valence-electron chi connectivity index (χ2n) is 9.11. The molecule has 216 valence electrons. The van der Waals surface area contributed by atoms with Crippen molar-refractivity contribution in [2.75, 3.05) is 6.61 Å². The molecule has 41 heavy (non-hydrogen) atoms. The molecule has 0 saturated carbocycles. The molecule has 12 heteroatoms. The van der Waals surface area contributed by atoms with E-state index in [1.165, 1.54) is 31.7 Å². The number of benzene rings is 3. The Kier molecular flexibility index (Phi) is 11.1. The second kappa shape index (κ2) is 15.0. The summed E-state index contributed by atoms with van der Waals surface area (Å²) in [5.74, 6) is -1.67. The van der Waals surface area contributed by atoms with Crippen molar-refractivity contribution in [3.05, 3.63) is 97.6 Å². The van der Waals surface area contributed by atoms with Gasteiger partial charge in [-0.3, -0.25) is 20.2 Å². The highest BCUT2D eigenvalue weighted by Gasteiger charge is 2.22. The maximum Gasteiger partial charge on any atom is 0.343 e. The number of esters is 2. The number of nitro benzene ring substituents is 2. The van der Waals surface area contributed by atoms with Crippen molar-refractivity contribution < 1.29 is 38.8 Å². The third kappa shape index (κ3) is 9.02. The summed E-state index contributed by atoms with van der Waals surface area (Å²) in [7, 11) is 0. The van der Waals surface area contributed by atoms with Gasteiger partial charge in [0.05, 0.1) is 33.6 Å². The molecule has 0 fully saturated rings. The first-order chi connectivity index (χ1) is 19.7. The number of hydrogen-bond donors (Lipinski definition) is 1. The lowest BCUT2D eigenvalue weighted by molar-refractivity contribution is -0.394. The lowest BCUT2D eigenvalue weighted by Crippen LogP contribution is -2.10. The Labute approximate surface area is 235 Å². The first-order valence-corrected chi connectivity index (χ1v) is 13.1. The van der Waals surface area contributed by atoms with Crippen molar-refractivity contribution in [3.63, 3.8) is 0 Å². The maximum atomic E-state index is 12.6. The van der Waals surface area contributed by atoms with Crippen LogP contribution in [0.15, 0.2) is 60.7 Å². The number of carbonyl (C=O) groups excluding carboxylic acids is 2. The average Bonchev–Trinajstić information content (AvgIpc) is 2.96. The number of ether oxygens (including phenoxy) is 3. The molecule has 0 aliphatic rings. The van der Waals surface area contributed by atoms with Crippen LogP contribution in [0.5, 0.6) is 17.2 Å². The van der Waals surface area contributed by atoms with Crippen molar-refractivity contribution in [2.24, 2.45) is 0 Å². The zero-order chi connectivity index (χ0) is 29.8. The number of aromatic hydroxyl groups is 1. The van der Waals surface area contributed by atoms with Crippen molar-refractivity contribution >= 4 is 23.3 Å². The Morgan fingerprint density at radius 3 is 2.17 bits per heavy atom. The van der Waals surface area contributed by atoms with E-state index in [9.17, 15) is 34.9 Å². The van der Waals surface area contributed by atoms with Crippen LogP contribution >= 0.6 is 0 Å². The standard InChI is InChI=1S/C29H30N2O10/c1-2-3-4-5-6-7-16-39-23-12-9-20(10-13-23)28(33)41-24-14-15-27(32)25(18-24)29(34)40-19-21-8-11-22(30(35)36)17-26(21)31(37)38/h8-15,17-18,32H,2-7,16,19H2,1H3. The van der Waals surface area contributed by atoms with Gasteiger partial charge in [0.1, 0.15) is 29.4 Å². The summed E-state index contributed by atoms with van der Waals surface area (Å²) >= 11 is 0. The summed E-state index contributed by atoms with van der Waals surface area (Å²) in [6, 6.07) is 12.8. The lowest BCUT2D eigenvalue weighted by Gasteiger charge is -2.10. The largest absolute Gasteiger partial charge is 0.507 e. The van der Waals surface area contributed by atoms with Crippen LogP contribution in [-0.4, -0.2) is 33.5 Å². The van der Waals surface area contributed by atoms with E-state index in [4.69, 9.17) is 14.2 Å². The first kappa shape index (κ1) is 30.5. The van der Waals surface area contributed by atoms with Gasteiger partial charge in [0.25, 0.3) is 11.4 Å². The summed E-state index contributed by atoms with van der Waals surface area (Å²) in [4.78, 5) is 45.8. The molecule has 0 saturated heterocycles. The van der Waals surface area contributed by atoms with Crippen molar-refractivity contribution in [1.82, 2.24) is 0 Å². The third-order valence-corrected chi connectivity index (χ3v) is 6.09. The van der Waals surface area contributed by atoms with Crippen molar-refractivity contribution in [1.29, 1.82) is 0 Å². The summed E-state index contributed by atoms with van der Waals surface area (Å²) in [6.07, 6.45) is 6.90. The van der Waals surface area contributed by atoms with Gasteiger partial charge < -0.3 is 19.3 Å².